The first-order valence-electron chi connectivity index (χ1n) is 12.6. The Morgan fingerprint density at radius 1 is 0.649 bits per heavy atom. The van der Waals surface area contributed by atoms with Crippen LogP contribution in [0.4, 0.5) is 0 Å². The second kappa shape index (κ2) is 9.32. The number of hydrogen-bond donors (Lipinski definition) is 2. The van der Waals surface area contributed by atoms with E-state index in [2.05, 4.69) is 132 Å². The summed E-state index contributed by atoms with van der Waals surface area (Å²) in [7, 11) is 0. The van der Waals surface area contributed by atoms with E-state index < -0.39 is 0 Å². The lowest BCUT2D eigenvalue weighted by Crippen LogP contribution is -2.39. The van der Waals surface area contributed by atoms with E-state index in [0.717, 1.165) is 21.8 Å². The maximum absolute atomic E-state index is 4.96. The van der Waals surface area contributed by atoms with Gasteiger partial charge in [-0.1, -0.05) is 109 Å². The summed E-state index contributed by atoms with van der Waals surface area (Å²) in [6, 6.07) is 42.8. The smallest absolute Gasteiger partial charge is 0.124 e. The summed E-state index contributed by atoms with van der Waals surface area (Å²) in [4.78, 5) is 4.96. The minimum absolute atomic E-state index is 0.0356. The van der Waals surface area contributed by atoms with Crippen LogP contribution in [0.1, 0.15) is 28.9 Å². The summed E-state index contributed by atoms with van der Waals surface area (Å²) in [5, 5.41) is 11.1. The SMILES string of the molecule is C1=C(c2ccccc2)NC(c2ccc3ccc4nc(-c5ccccc5)sc4c3c2)NC1c1ccccc1. The molecule has 2 N–H and O–H groups in total. The molecule has 2 heterocycles. The topological polar surface area (TPSA) is 37.0 Å². The summed E-state index contributed by atoms with van der Waals surface area (Å²) < 4.78 is 1.23. The number of fused-ring (bicyclic) bond motifs is 3. The summed E-state index contributed by atoms with van der Waals surface area (Å²) >= 11 is 1.77. The molecule has 0 spiro atoms. The summed E-state index contributed by atoms with van der Waals surface area (Å²) in [5.74, 6) is 0. The molecule has 2 atom stereocenters. The van der Waals surface area contributed by atoms with Gasteiger partial charge >= 0.3 is 0 Å². The molecule has 1 aliphatic rings. The van der Waals surface area contributed by atoms with Gasteiger partial charge in [0.25, 0.3) is 0 Å². The van der Waals surface area contributed by atoms with Gasteiger partial charge in [-0.3, -0.25) is 5.32 Å². The zero-order chi connectivity index (χ0) is 24.6. The summed E-state index contributed by atoms with van der Waals surface area (Å²) in [5.41, 5.74) is 6.99. The molecule has 0 fully saturated rings. The predicted molar refractivity (Wildman–Crippen MR) is 155 cm³/mol. The monoisotopic (exact) mass is 495 g/mol. The van der Waals surface area contributed by atoms with Crippen molar-refractivity contribution in [3.8, 4) is 10.6 Å². The Bertz CT molecular complexity index is 1720. The van der Waals surface area contributed by atoms with E-state index >= 15 is 0 Å². The Labute approximate surface area is 220 Å². The Hall–Kier alpha value is -4.25. The third-order valence-electron chi connectivity index (χ3n) is 6.97. The van der Waals surface area contributed by atoms with Gasteiger partial charge in [0.15, 0.2) is 0 Å². The number of hydrogen-bond acceptors (Lipinski definition) is 4. The fourth-order valence-electron chi connectivity index (χ4n) is 5.08. The van der Waals surface area contributed by atoms with Crippen molar-refractivity contribution in [2.75, 3.05) is 0 Å². The van der Waals surface area contributed by atoms with Crippen LogP contribution in [0.2, 0.25) is 0 Å². The second-order valence-corrected chi connectivity index (χ2v) is 10.4. The average Bonchev–Trinajstić information content (AvgIpc) is 3.43. The standard InChI is InChI=1S/C33H25N3S/c1-4-10-23(11-5-1)29-21-30(24-12-6-2-7-13-24)35-32(34-29)26-17-16-22-18-19-28-31(27(22)20-26)37-33(36-28)25-14-8-3-9-15-25/h1-21,29,32,34-35H. The minimum atomic E-state index is -0.0356. The van der Waals surface area contributed by atoms with Crippen molar-refractivity contribution in [2.45, 2.75) is 12.2 Å². The number of aromatic nitrogens is 1. The quantitative estimate of drug-likeness (QED) is 0.259. The lowest BCUT2D eigenvalue weighted by atomic mass is 9.97. The number of nitrogens with one attached hydrogen (secondary N) is 2. The van der Waals surface area contributed by atoms with E-state index in [1.165, 1.54) is 32.2 Å². The molecule has 0 saturated heterocycles. The first-order chi connectivity index (χ1) is 18.3. The van der Waals surface area contributed by atoms with Gasteiger partial charge in [0.05, 0.1) is 16.3 Å². The van der Waals surface area contributed by atoms with Crippen LogP contribution >= 0.6 is 11.3 Å². The zero-order valence-electron chi connectivity index (χ0n) is 20.1. The van der Waals surface area contributed by atoms with Gasteiger partial charge in [-0.2, -0.15) is 0 Å². The third kappa shape index (κ3) is 4.20. The molecule has 178 valence electrons. The number of thiazole rings is 1. The highest BCUT2D eigenvalue weighted by atomic mass is 32.1. The van der Waals surface area contributed by atoms with Gasteiger partial charge < -0.3 is 5.32 Å². The molecule has 0 saturated carbocycles. The Morgan fingerprint density at radius 2 is 1.32 bits per heavy atom. The van der Waals surface area contributed by atoms with Gasteiger partial charge in [-0.25, -0.2) is 4.98 Å². The largest absolute Gasteiger partial charge is 0.366 e. The highest BCUT2D eigenvalue weighted by Gasteiger charge is 2.24. The van der Waals surface area contributed by atoms with Gasteiger partial charge in [0, 0.05) is 16.6 Å². The molecule has 6 aromatic rings. The predicted octanol–water partition coefficient (Wildman–Crippen LogP) is 8.09. The van der Waals surface area contributed by atoms with Crippen LogP contribution < -0.4 is 10.6 Å². The molecule has 0 radical (unpaired) electrons. The molecule has 4 heteroatoms. The molecule has 0 aliphatic carbocycles. The lowest BCUT2D eigenvalue weighted by molar-refractivity contribution is 0.443. The van der Waals surface area contributed by atoms with E-state index in [0.29, 0.717) is 0 Å². The van der Waals surface area contributed by atoms with Crippen LogP contribution in [-0.4, -0.2) is 4.98 Å². The van der Waals surface area contributed by atoms with E-state index in [4.69, 9.17) is 4.98 Å². The van der Waals surface area contributed by atoms with Gasteiger partial charge in [-0.15, -0.1) is 11.3 Å². The van der Waals surface area contributed by atoms with Crippen molar-refractivity contribution in [3.63, 3.8) is 0 Å². The molecule has 5 aromatic carbocycles. The zero-order valence-corrected chi connectivity index (χ0v) is 21.0. The number of benzene rings is 5. The highest BCUT2D eigenvalue weighted by Crippen LogP contribution is 2.37. The van der Waals surface area contributed by atoms with Crippen LogP contribution in [0.5, 0.6) is 0 Å². The summed E-state index contributed by atoms with van der Waals surface area (Å²) in [6.07, 6.45) is 2.25. The third-order valence-corrected chi connectivity index (χ3v) is 8.13. The molecule has 2 unspecified atom stereocenters. The molecule has 3 nitrogen and oxygen atoms in total. The average molecular weight is 496 g/mol. The van der Waals surface area contributed by atoms with Crippen LogP contribution in [0.3, 0.4) is 0 Å². The van der Waals surface area contributed by atoms with E-state index in [9.17, 15) is 0 Å². The minimum Gasteiger partial charge on any atom is -0.366 e. The molecular formula is C33H25N3S. The van der Waals surface area contributed by atoms with Crippen molar-refractivity contribution < 1.29 is 0 Å². The maximum atomic E-state index is 4.96. The van der Waals surface area contributed by atoms with Crippen molar-refractivity contribution in [1.29, 1.82) is 0 Å². The van der Waals surface area contributed by atoms with E-state index in [1.54, 1.807) is 11.3 Å². The van der Waals surface area contributed by atoms with Crippen LogP contribution in [-0.2, 0) is 0 Å². The fraction of sp³-hybridized carbons (Fsp3) is 0.0606. The Morgan fingerprint density at radius 3 is 2.08 bits per heavy atom. The van der Waals surface area contributed by atoms with Gasteiger partial charge in [-0.05, 0) is 40.3 Å². The van der Waals surface area contributed by atoms with Gasteiger partial charge in [0.2, 0.25) is 0 Å². The highest BCUT2D eigenvalue weighted by molar-refractivity contribution is 7.22. The lowest BCUT2D eigenvalue weighted by Gasteiger charge is -2.33. The molecule has 37 heavy (non-hydrogen) atoms. The van der Waals surface area contributed by atoms with E-state index in [-0.39, 0.29) is 12.2 Å². The number of rotatable bonds is 4. The maximum Gasteiger partial charge on any atom is 0.124 e. The van der Waals surface area contributed by atoms with Crippen LogP contribution in [0.15, 0.2) is 127 Å². The second-order valence-electron chi connectivity index (χ2n) is 9.36. The van der Waals surface area contributed by atoms with E-state index in [1.807, 2.05) is 6.07 Å². The number of nitrogens with zero attached hydrogens (tertiary/aromatic N) is 1. The first-order valence-corrected chi connectivity index (χ1v) is 13.4. The van der Waals surface area contributed by atoms with Crippen molar-refractivity contribution in [3.05, 3.63) is 144 Å². The normalized spacial score (nSPS) is 17.5. The summed E-state index contributed by atoms with van der Waals surface area (Å²) in [6.45, 7) is 0. The van der Waals surface area contributed by atoms with Crippen molar-refractivity contribution >= 4 is 38.0 Å². The van der Waals surface area contributed by atoms with Crippen molar-refractivity contribution in [2.24, 2.45) is 0 Å². The molecule has 1 aliphatic heterocycles. The molecule has 1 aromatic heterocycles. The Balaban J connectivity index is 1.32. The Kier molecular flexibility index (Phi) is 5.54. The molecule has 7 rings (SSSR count). The first kappa shape index (κ1) is 22.0. The van der Waals surface area contributed by atoms with Crippen LogP contribution in [0, 0.1) is 0 Å². The fourth-order valence-corrected chi connectivity index (χ4v) is 6.17. The van der Waals surface area contributed by atoms with Gasteiger partial charge in [0.1, 0.15) is 11.2 Å². The molecular weight excluding hydrogens is 470 g/mol. The van der Waals surface area contributed by atoms with Crippen LogP contribution in [0.25, 0.3) is 37.3 Å². The van der Waals surface area contributed by atoms with Crippen molar-refractivity contribution in [1.82, 2.24) is 15.6 Å². The molecule has 0 bridgehead atoms. The molecule has 0 amide bonds.